The summed E-state index contributed by atoms with van der Waals surface area (Å²) in [6.07, 6.45) is 3.24. The van der Waals surface area contributed by atoms with Crippen LogP contribution in [0.15, 0.2) is 71.7 Å². The zero-order valence-electron chi connectivity index (χ0n) is 13.4. The van der Waals surface area contributed by atoms with E-state index in [2.05, 4.69) is 46.6 Å². The van der Waals surface area contributed by atoms with Gasteiger partial charge in [-0.2, -0.15) is 5.10 Å². The summed E-state index contributed by atoms with van der Waals surface area (Å²) in [4.78, 5) is 3.99. The fraction of sp³-hybridized carbons (Fsp3) is 0.158. The van der Waals surface area contributed by atoms with Crippen LogP contribution < -0.4 is 5.32 Å². The van der Waals surface area contributed by atoms with Gasteiger partial charge in [-0.3, -0.25) is 0 Å². The van der Waals surface area contributed by atoms with E-state index in [0.717, 1.165) is 22.4 Å². The molecule has 0 bridgehead atoms. The number of nitrogens with zero attached hydrogens (tertiary/aromatic N) is 3. The van der Waals surface area contributed by atoms with Crippen molar-refractivity contribution in [3.8, 4) is 5.69 Å². The molecule has 120 valence electrons. The first-order chi connectivity index (χ1) is 11.8. The van der Waals surface area contributed by atoms with E-state index in [4.69, 9.17) is 4.42 Å². The molecule has 0 radical (unpaired) electrons. The summed E-state index contributed by atoms with van der Waals surface area (Å²) in [5.41, 5.74) is 3.12. The van der Waals surface area contributed by atoms with Crippen LogP contribution in [-0.2, 0) is 6.54 Å². The van der Waals surface area contributed by atoms with E-state index in [0.29, 0.717) is 6.54 Å². The Morgan fingerprint density at radius 1 is 1.12 bits per heavy atom. The number of fused-ring (bicyclic) bond motifs is 1. The number of rotatable bonds is 5. The smallest absolute Gasteiger partial charge is 0.138 e. The van der Waals surface area contributed by atoms with Crippen LogP contribution in [0.4, 0.5) is 0 Å². The predicted octanol–water partition coefficient (Wildman–Crippen LogP) is 3.86. The van der Waals surface area contributed by atoms with Crippen LogP contribution in [0.25, 0.3) is 16.7 Å². The highest BCUT2D eigenvalue weighted by Gasteiger charge is 2.09. The zero-order chi connectivity index (χ0) is 16.4. The third-order valence-electron chi connectivity index (χ3n) is 4.11. The first kappa shape index (κ1) is 14.7. The van der Waals surface area contributed by atoms with Crippen LogP contribution in [0, 0.1) is 0 Å². The van der Waals surface area contributed by atoms with E-state index < -0.39 is 0 Å². The molecule has 0 aliphatic carbocycles. The molecular formula is C19H18N4O. The average Bonchev–Trinajstić information content (AvgIpc) is 3.29. The normalized spacial score (nSPS) is 12.5. The second-order valence-corrected chi connectivity index (χ2v) is 5.79. The van der Waals surface area contributed by atoms with E-state index in [-0.39, 0.29) is 6.04 Å². The molecule has 2 heterocycles. The number of furan rings is 1. The molecule has 0 amide bonds. The second-order valence-electron chi connectivity index (χ2n) is 5.79. The number of benzene rings is 2. The van der Waals surface area contributed by atoms with E-state index in [1.165, 1.54) is 11.9 Å². The zero-order valence-corrected chi connectivity index (χ0v) is 13.4. The van der Waals surface area contributed by atoms with Crippen molar-refractivity contribution < 1.29 is 4.42 Å². The van der Waals surface area contributed by atoms with Gasteiger partial charge in [-0.25, -0.2) is 9.67 Å². The van der Waals surface area contributed by atoms with E-state index in [1.54, 1.807) is 11.0 Å². The molecule has 5 nitrogen and oxygen atoms in total. The van der Waals surface area contributed by atoms with Crippen LogP contribution in [0.1, 0.15) is 24.3 Å². The number of aromatic nitrogens is 3. The van der Waals surface area contributed by atoms with Gasteiger partial charge in [-0.1, -0.05) is 30.3 Å². The fourth-order valence-corrected chi connectivity index (χ4v) is 2.77. The summed E-state index contributed by atoms with van der Waals surface area (Å²) >= 11 is 0. The minimum atomic E-state index is 0.196. The largest absolute Gasteiger partial charge is 0.460 e. The van der Waals surface area contributed by atoms with E-state index in [9.17, 15) is 0 Å². The van der Waals surface area contributed by atoms with Crippen LogP contribution >= 0.6 is 0 Å². The highest BCUT2D eigenvalue weighted by molar-refractivity contribution is 5.77. The van der Waals surface area contributed by atoms with Crippen molar-refractivity contribution in [2.75, 3.05) is 0 Å². The maximum Gasteiger partial charge on any atom is 0.138 e. The summed E-state index contributed by atoms with van der Waals surface area (Å²) in [5.74, 6) is 0.940. The van der Waals surface area contributed by atoms with Crippen molar-refractivity contribution >= 4 is 11.0 Å². The average molecular weight is 318 g/mol. The number of hydrogen-bond donors (Lipinski definition) is 1. The van der Waals surface area contributed by atoms with Crippen LogP contribution in [-0.4, -0.2) is 14.8 Å². The van der Waals surface area contributed by atoms with Gasteiger partial charge >= 0.3 is 0 Å². The minimum Gasteiger partial charge on any atom is -0.460 e. The standard InChI is InChI=1S/C19H18N4O/c1-14(15-6-4-7-17(9-15)23-13-20-12-22-23)21-11-18-10-16-5-2-3-8-19(16)24-18/h2-10,12-14,21H,11H2,1H3. The summed E-state index contributed by atoms with van der Waals surface area (Å²) in [6.45, 7) is 2.83. The number of hydrogen-bond acceptors (Lipinski definition) is 4. The van der Waals surface area contributed by atoms with Gasteiger partial charge in [0.05, 0.1) is 12.2 Å². The molecule has 5 heteroatoms. The van der Waals surface area contributed by atoms with E-state index in [1.807, 2.05) is 30.3 Å². The first-order valence-corrected chi connectivity index (χ1v) is 7.95. The van der Waals surface area contributed by atoms with Crippen molar-refractivity contribution in [2.24, 2.45) is 0 Å². The highest BCUT2D eigenvalue weighted by Crippen LogP contribution is 2.20. The number of para-hydroxylation sites is 1. The van der Waals surface area contributed by atoms with Gasteiger partial charge in [0, 0.05) is 11.4 Å². The third kappa shape index (κ3) is 2.94. The van der Waals surface area contributed by atoms with Gasteiger partial charge in [0.25, 0.3) is 0 Å². The second kappa shape index (κ2) is 6.29. The molecule has 1 atom stereocenters. The maximum atomic E-state index is 5.85. The molecular weight excluding hydrogens is 300 g/mol. The van der Waals surface area contributed by atoms with Crippen LogP contribution in [0.3, 0.4) is 0 Å². The first-order valence-electron chi connectivity index (χ1n) is 7.95. The Labute approximate surface area is 139 Å². The SMILES string of the molecule is CC(NCc1cc2ccccc2o1)c1cccc(-n2cncn2)c1. The molecule has 0 aliphatic rings. The third-order valence-corrected chi connectivity index (χ3v) is 4.11. The topological polar surface area (TPSA) is 55.9 Å². The molecule has 24 heavy (non-hydrogen) atoms. The molecule has 2 aromatic carbocycles. The Balaban J connectivity index is 1.48. The summed E-state index contributed by atoms with van der Waals surface area (Å²) in [7, 11) is 0. The Morgan fingerprint density at radius 2 is 2.04 bits per heavy atom. The maximum absolute atomic E-state index is 5.85. The molecule has 0 saturated heterocycles. The molecule has 4 aromatic rings. The van der Waals surface area contributed by atoms with Crippen molar-refractivity contribution in [3.63, 3.8) is 0 Å². The molecule has 0 fully saturated rings. The molecule has 1 unspecified atom stereocenters. The van der Waals surface area contributed by atoms with Crippen molar-refractivity contribution in [1.82, 2.24) is 20.1 Å². The van der Waals surface area contributed by atoms with Crippen LogP contribution in [0.2, 0.25) is 0 Å². The molecule has 4 rings (SSSR count). The van der Waals surface area contributed by atoms with Gasteiger partial charge in [-0.15, -0.1) is 0 Å². The summed E-state index contributed by atoms with van der Waals surface area (Å²) in [5, 5.41) is 8.82. The lowest BCUT2D eigenvalue weighted by atomic mass is 10.1. The number of nitrogens with one attached hydrogen (secondary N) is 1. The van der Waals surface area contributed by atoms with Gasteiger partial charge in [0.1, 0.15) is 24.0 Å². The summed E-state index contributed by atoms with van der Waals surface area (Å²) in [6, 6.07) is 18.6. The quantitative estimate of drug-likeness (QED) is 0.607. The van der Waals surface area contributed by atoms with Crippen LogP contribution in [0.5, 0.6) is 0 Å². The summed E-state index contributed by atoms with van der Waals surface area (Å²) < 4.78 is 7.61. The molecule has 0 saturated carbocycles. The Bertz CT molecular complexity index is 910. The van der Waals surface area contributed by atoms with Gasteiger partial charge in [-0.05, 0) is 36.8 Å². The Hall–Kier alpha value is -2.92. The molecule has 2 aromatic heterocycles. The highest BCUT2D eigenvalue weighted by atomic mass is 16.3. The Morgan fingerprint density at radius 3 is 2.88 bits per heavy atom. The minimum absolute atomic E-state index is 0.196. The monoisotopic (exact) mass is 318 g/mol. The molecule has 1 N–H and O–H groups in total. The van der Waals surface area contributed by atoms with Crippen molar-refractivity contribution in [3.05, 3.63) is 78.6 Å². The molecule has 0 aliphatic heterocycles. The van der Waals surface area contributed by atoms with E-state index >= 15 is 0 Å². The van der Waals surface area contributed by atoms with Gasteiger partial charge < -0.3 is 9.73 Å². The fourth-order valence-electron chi connectivity index (χ4n) is 2.77. The predicted molar refractivity (Wildman–Crippen MR) is 92.8 cm³/mol. The lowest BCUT2D eigenvalue weighted by molar-refractivity contribution is 0.482. The molecule has 0 spiro atoms. The van der Waals surface area contributed by atoms with Gasteiger partial charge in [0.2, 0.25) is 0 Å². The van der Waals surface area contributed by atoms with Crippen molar-refractivity contribution in [2.45, 2.75) is 19.5 Å². The van der Waals surface area contributed by atoms with Crippen molar-refractivity contribution in [1.29, 1.82) is 0 Å². The lowest BCUT2D eigenvalue weighted by Gasteiger charge is -2.14. The Kier molecular flexibility index (Phi) is 3.84. The van der Waals surface area contributed by atoms with Gasteiger partial charge in [0.15, 0.2) is 0 Å². The lowest BCUT2D eigenvalue weighted by Crippen LogP contribution is -2.18.